The molecule has 8 heteroatoms. The van der Waals surface area contributed by atoms with Crippen LogP contribution in [-0.4, -0.2) is 50.7 Å². The van der Waals surface area contributed by atoms with Gasteiger partial charge in [-0.3, -0.25) is 4.79 Å². The number of fused-ring (bicyclic) bond motifs is 3. The van der Waals surface area contributed by atoms with E-state index in [4.69, 9.17) is 23.7 Å². The third-order valence-corrected chi connectivity index (χ3v) is 7.43. The van der Waals surface area contributed by atoms with Crippen LogP contribution in [0.3, 0.4) is 0 Å². The van der Waals surface area contributed by atoms with Gasteiger partial charge < -0.3 is 33.9 Å². The van der Waals surface area contributed by atoms with E-state index in [2.05, 4.69) is 0 Å². The van der Waals surface area contributed by atoms with E-state index in [1.165, 1.54) is 21.3 Å². The maximum Gasteiger partial charge on any atom is 0.312 e. The fourth-order valence-corrected chi connectivity index (χ4v) is 5.90. The van der Waals surface area contributed by atoms with Gasteiger partial charge in [0.05, 0.1) is 39.9 Å². The maximum atomic E-state index is 13.2. The summed E-state index contributed by atoms with van der Waals surface area (Å²) in [5.74, 6) is -1.04. The minimum absolute atomic E-state index is 0.237. The van der Waals surface area contributed by atoms with Crippen molar-refractivity contribution in [3.63, 3.8) is 0 Å². The standard InChI is InChI=1S/C28H28O8/c1-32-18-12-10-17(11-13-18)28-23(16-8-6-5-7-9-16)22(26(30)35-4)25(29)27(28,31)24-20(34-3)14-19(33-2)15-21(24)36-28/h5-15,22-23,25,29,31H,1-4H3/t22-,23-,25-,27?,28?/m1/s1. The van der Waals surface area contributed by atoms with Crippen molar-refractivity contribution in [2.24, 2.45) is 5.92 Å². The molecule has 1 aliphatic heterocycles. The molecule has 0 saturated heterocycles. The lowest BCUT2D eigenvalue weighted by atomic mass is 9.70. The maximum absolute atomic E-state index is 13.2. The van der Waals surface area contributed by atoms with E-state index in [0.29, 0.717) is 22.6 Å². The average molecular weight is 493 g/mol. The summed E-state index contributed by atoms with van der Waals surface area (Å²) in [7, 11) is 5.79. The normalized spacial score (nSPS) is 28.0. The van der Waals surface area contributed by atoms with Gasteiger partial charge in [-0.15, -0.1) is 0 Å². The fraction of sp³-hybridized carbons (Fsp3) is 0.321. The molecule has 1 saturated carbocycles. The van der Waals surface area contributed by atoms with Crippen LogP contribution in [0.15, 0.2) is 66.7 Å². The molecule has 0 amide bonds. The molecule has 3 aromatic rings. The number of hydrogen-bond donors (Lipinski definition) is 2. The smallest absolute Gasteiger partial charge is 0.312 e. The zero-order valence-corrected chi connectivity index (χ0v) is 20.4. The Balaban J connectivity index is 1.88. The average Bonchev–Trinajstić information content (AvgIpc) is 3.30. The van der Waals surface area contributed by atoms with Gasteiger partial charge >= 0.3 is 5.97 Å². The van der Waals surface area contributed by atoms with Crippen molar-refractivity contribution < 1.29 is 38.7 Å². The number of carbonyl (C=O) groups excluding carboxylic acids is 1. The van der Waals surface area contributed by atoms with Crippen LogP contribution in [0.2, 0.25) is 0 Å². The number of methoxy groups -OCH3 is 4. The largest absolute Gasteiger partial charge is 0.497 e. The summed E-state index contributed by atoms with van der Waals surface area (Å²) in [5, 5.41) is 24.5. The number of esters is 1. The number of carbonyl (C=O) groups is 1. The van der Waals surface area contributed by atoms with Crippen molar-refractivity contribution in [2.45, 2.75) is 23.2 Å². The van der Waals surface area contributed by atoms with Crippen LogP contribution >= 0.6 is 0 Å². The Labute approximate surface area is 209 Å². The van der Waals surface area contributed by atoms with Gasteiger partial charge in [0, 0.05) is 18.1 Å². The number of benzene rings is 3. The number of rotatable bonds is 6. The Bertz CT molecular complexity index is 1270. The van der Waals surface area contributed by atoms with E-state index >= 15 is 0 Å². The molecule has 2 unspecified atom stereocenters. The molecule has 3 aromatic carbocycles. The van der Waals surface area contributed by atoms with Gasteiger partial charge in [0.25, 0.3) is 0 Å². The van der Waals surface area contributed by atoms with Crippen LogP contribution in [0.5, 0.6) is 23.0 Å². The lowest BCUT2D eigenvalue weighted by Crippen LogP contribution is -2.52. The summed E-state index contributed by atoms with van der Waals surface area (Å²) in [4.78, 5) is 13.2. The van der Waals surface area contributed by atoms with Crippen LogP contribution in [0.1, 0.15) is 22.6 Å². The van der Waals surface area contributed by atoms with E-state index < -0.39 is 35.1 Å². The summed E-state index contributed by atoms with van der Waals surface area (Å²) < 4.78 is 28.2. The highest BCUT2D eigenvalue weighted by Crippen LogP contribution is 2.70. The number of aliphatic hydroxyl groups excluding tert-OH is 1. The second kappa shape index (κ2) is 8.72. The third-order valence-electron chi connectivity index (χ3n) is 7.43. The molecular formula is C28H28O8. The van der Waals surface area contributed by atoms with Gasteiger partial charge in [-0.05, 0) is 23.3 Å². The van der Waals surface area contributed by atoms with Crippen molar-refractivity contribution in [2.75, 3.05) is 28.4 Å². The molecule has 0 spiro atoms. The Kier molecular flexibility index (Phi) is 5.81. The Morgan fingerprint density at radius 2 is 1.56 bits per heavy atom. The Morgan fingerprint density at radius 3 is 2.14 bits per heavy atom. The van der Waals surface area contributed by atoms with E-state index in [9.17, 15) is 15.0 Å². The molecule has 5 rings (SSSR count). The molecule has 1 aliphatic carbocycles. The first-order valence-corrected chi connectivity index (χ1v) is 11.5. The summed E-state index contributed by atoms with van der Waals surface area (Å²) >= 11 is 0. The van der Waals surface area contributed by atoms with Crippen molar-refractivity contribution >= 4 is 5.97 Å². The quantitative estimate of drug-likeness (QED) is 0.506. The monoisotopic (exact) mass is 492 g/mol. The second-order valence-electron chi connectivity index (χ2n) is 8.92. The first-order valence-electron chi connectivity index (χ1n) is 11.5. The molecule has 1 heterocycles. The van der Waals surface area contributed by atoms with Gasteiger partial charge in [0.2, 0.25) is 0 Å². The van der Waals surface area contributed by atoms with Gasteiger partial charge in [0.1, 0.15) is 29.1 Å². The lowest BCUT2D eigenvalue weighted by Gasteiger charge is -2.40. The SMILES string of the molecule is COC(=O)[C@H]1[C@@H](O)C2(O)c3c(OC)cc(OC)cc3OC2(c2ccc(OC)cc2)[C@@H]1c1ccccc1. The zero-order chi connectivity index (χ0) is 25.7. The highest BCUT2D eigenvalue weighted by atomic mass is 16.6. The van der Waals surface area contributed by atoms with Gasteiger partial charge in [-0.1, -0.05) is 42.5 Å². The summed E-state index contributed by atoms with van der Waals surface area (Å²) in [6.07, 6.45) is -1.60. The molecule has 0 aromatic heterocycles. The highest BCUT2D eigenvalue weighted by molar-refractivity contribution is 5.78. The number of aliphatic hydroxyl groups is 2. The summed E-state index contributed by atoms with van der Waals surface area (Å²) in [5.41, 5.74) is -2.24. The van der Waals surface area contributed by atoms with Gasteiger partial charge in [0.15, 0.2) is 11.2 Å². The van der Waals surface area contributed by atoms with Crippen LogP contribution in [-0.2, 0) is 20.7 Å². The minimum atomic E-state index is -2.09. The van der Waals surface area contributed by atoms with E-state index in [1.54, 1.807) is 43.5 Å². The second-order valence-corrected chi connectivity index (χ2v) is 8.92. The molecule has 0 bridgehead atoms. The van der Waals surface area contributed by atoms with Crippen molar-refractivity contribution in [3.05, 3.63) is 83.4 Å². The fourth-order valence-electron chi connectivity index (χ4n) is 5.90. The van der Waals surface area contributed by atoms with Crippen LogP contribution < -0.4 is 18.9 Å². The summed E-state index contributed by atoms with van der Waals surface area (Å²) in [6, 6.07) is 19.5. The Morgan fingerprint density at radius 1 is 0.889 bits per heavy atom. The molecular weight excluding hydrogens is 464 g/mol. The molecule has 1 fully saturated rings. The molecule has 2 aliphatic rings. The van der Waals surface area contributed by atoms with E-state index in [1.807, 2.05) is 30.3 Å². The highest BCUT2D eigenvalue weighted by Gasteiger charge is 2.78. The predicted molar refractivity (Wildman–Crippen MR) is 129 cm³/mol. The van der Waals surface area contributed by atoms with E-state index in [0.717, 1.165) is 0 Å². The Hall–Kier alpha value is -3.75. The van der Waals surface area contributed by atoms with Crippen LogP contribution in [0, 0.1) is 5.92 Å². The molecule has 2 N–H and O–H groups in total. The zero-order valence-electron chi connectivity index (χ0n) is 20.4. The van der Waals surface area contributed by atoms with Gasteiger partial charge in [-0.25, -0.2) is 0 Å². The van der Waals surface area contributed by atoms with Crippen molar-refractivity contribution in [3.8, 4) is 23.0 Å². The molecule has 0 radical (unpaired) electrons. The molecule has 5 atom stereocenters. The predicted octanol–water partition coefficient (Wildman–Crippen LogP) is 3.14. The lowest BCUT2D eigenvalue weighted by molar-refractivity contribution is -0.161. The van der Waals surface area contributed by atoms with Crippen LogP contribution in [0.25, 0.3) is 0 Å². The first-order chi connectivity index (χ1) is 17.4. The molecule has 8 nitrogen and oxygen atoms in total. The van der Waals surface area contributed by atoms with Crippen LogP contribution in [0.4, 0.5) is 0 Å². The first kappa shape index (κ1) is 24.0. The molecule has 188 valence electrons. The third kappa shape index (κ3) is 3.04. The minimum Gasteiger partial charge on any atom is -0.497 e. The number of ether oxygens (including phenoxy) is 5. The van der Waals surface area contributed by atoms with Gasteiger partial charge in [-0.2, -0.15) is 0 Å². The van der Waals surface area contributed by atoms with Crippen molar-refractivity contribution in [1.29, 1.82) is 0 Å². The van der Waals surface area contributed by atoms with E-state index in [-0.39, 0.29) is 17.1 Å². The summed E-state index contributed by atoms with van der Waals surface area (Å²) in [6.45, 7) is 0. The van der Waals surface area contributed by atoms with Crippen molar-refractivity contribution in [1.82, 2.24) is 0 Å². The topological polar surface area (TPSA) is 104 Å². The molecule has 36 heavy (non-hydrogen) atoms. The number of hydrogen-bond acceptors (Lipinski definition) is 8.